The van der Waals surface area contributed by atoms with Crippen molar-refractivity contribution in [1.29, 1.82) is 0 Å². The second-order valence-corrected chi connectivity index (χ2v) is 5.96. The van der Waals surface area contributed by atoms with Gasteiger partial charge in [-0.05, 0) is 30.7 Å². The first-order chi connectivity index (χ1) is 10.2. The summed E-state index contributed by atoms with van der Waals surface area (Å²) in [5.41, 5.74) is 6.77. The fraction of sp³-hybridized carbons (Fsp3) is 0.500. The zero-order valence-corrected chi connectivity index (χ0v) is 12.0. The van der Waals surface area contributed by atoms with Gasteiger partial charge in [0.15, 0.2) is 0 Å². The molecule has 2 aliphatic carbocycles. The van der Waals surface area contributed by atoms with Crippen LogP contribution in [-0.2, 0) is 4.79 Å². The van der Waals surface area contributed by atoms with Gasteiger partial charge in [-0.25, -0.2) is 0 Å². The monoisotopic (exact) mass is 287 g/mol. The Balaban J connectivity index is 1.61. The number of carbonyl (C=O) groups is 1. The molecule has 0 spiro atoms. The van der Waals surface area contributed by atoms with Gasteiger partial charge in [0.25, 0.3) is 0 Å². The lowest BCUT2D eigenvalue weighted by molar-refractivity contribution is -0.133. The van der Waals surface area contributed by atoms with Crippen LogP contribution in [0, 0.1) is 5.92 Å². The van der Waals surface area contributed by atoms with E-state index in [1.165, 1.54) is 5.56 Å². The summed E-state index contributed by atoms with van der Waals surface area (Å²) in [7, 11) is 0. The lowest BCUT2D eigenvalue weighted by Gasteiger charge is -2.22. The van der Waals surface area contributed by atoms with E-state index < -0.39 is 0 Å². The minimum Gasteiger partial charge on any atom is -0.409 e. The first kappa shape index (κ1) is 13.9. The molecular weight excluding hydrogens is 266 g/mol. The van der Waals surface area contributed by atoms with Gasteiger partial charge in [0.05, 0.1) is 0 Å². The van der Waals surface area contributed by atoms with Crippen molar-refractivity contribution >= 4 is 11.7 Å². The highest BCUT2D eigenvalue weighted by molar-refractivity contribution is 5.85. The van der Waals surface area contributed by atoms with Crippen LogP contribution in [0.1, 0.15) is 37.2 Å². The number of amides is 1. The summed E-state index contributed by atoms with van der Waals surface area (Å²) >= 11 is 0. The molecule has 3 N–H and O–H groups in total. The number of amidine groups is 1. The molecule has 0 saturated heterocycles. The number of nitrogens with zero attached hydrogens (tertiary/aromatic N) is 2. The van der Waals surface area contributed by atoms with Crippen LogP contribution in [0.2, 0.25) is 0 Å². The van der Waals surface area contributed by atoms with E-state index in [2.05, 4.69) is 17.3 Å². The fourth-order valence-corrected chi connectivity index (χ4v) is 2.89. The number of hydrogen-bond acceptors (Lipinski definition) is 3. The normalized spacial score (nSPS) is 24.7. The van der Waals surface area contributed by atoms with Gasteiger partial charge in [0, 0.05) is 24.9 Å². The highest BCUT2D eigenvalue weighted by Gasteiger charge is 2.47. The number of hydrogen-bond donors (Lipinski definition) is 2. The molecule has 2 saturated carbocycles. The Labute approximate surface area is 124 Å². The molecular formula is C16H21N3O2. The zero-order chi connectivity index (χ0) is 14.8. The lowest BCUT2D eigenvalue weighted by Crippen LogP contribution is -2.37. The van der Waals surface area contributed by atoms with Gasteiger partial charge in [-0.3, -0.25) is 4.79 Å². The molecule has 5 heteroatoms. The predicted octanol–water partition coefficient (Wildman–Crippen LogP) is 1.92. The molecule has 2 unspecified atom stereocenters. The highest BCUT2D eigenvalue weighted by atomic mass is 16.4. The molecule has 2 atom stereocenters. The van der Waals surface area contributed by atoms with Crippen LogP contribution < -0.4 is 5.73 Å². The fourth-order valence-electron chi connectivity index (χ4n) is 2.89. The summed E-state index contributed by atoms with van der Waals surface area (Å²) in [6.45, 7) is 0.553. The molecule has 2 fully saturated rings. The third-order valence-corrected chi connectivity index (χ3v) is 4.34. The Morgan fingerprint density at radius 1 is 1.33 bits per heavy atom. The number of oxime groups is 1. The maximum absolute atomic E-state index is 12.7. The Hall–Kier alpha value is -2.04. The maximum Gasteiger partial charge on any atom is 0.226 e. The van der Waals surface area contributed by atoms with E-state index in [-0.39, 0.29) is 17.7 Å². The SMILES string of the molecule is N/C(CCN(C(=O)C1CC1c1ccccc1)C1CC1)=N/O. The van der Waals surface area contributed by atoms with Crippen LogP contribution in [0.4, 0.5) is 0 Å². The molecule has 112 valence electrons. The molecule has 1 amide bonds. The topological polar surface area (TPSA) is 78.9 Å². The van der Waals surface area contributed by atoms with Crippen LogP contribution in [0.3, 0.4) is 0 Å². The lowest BCUT2D eigenvalue weighted by atomic mass is 10.1. The molecule has 0 heterocycles. The third-order valence-electron chi connectivity index (χ3n) is 4.34. The molecule has 2 aliphatic rings. The molecule has 0 bridgehead atoms. The zero-order valence-electron chi connectivity index (χ0n) is 12.0. The van der Waals surface area contributed by atoms with Crippen molar-refractivity contribution < 1.29 is 10.0 Å². The second-order valence-electron chi connectivity index (χ2n) is 5.96. The average Bonchev–Trinajstić information content (AvgIpc) is 3.40. The largest absolute Gasteiger partial charge is 0.409 e. The first-order valence-corrected chi connectivity index (χ1v) is 7.52. The van der Waals surface area contributed by atoms with Crippen molar-refractivity contribution in [2.45, 2.75) is 37.6 Å². The van der Waals surface area contributed by atoms with E-state index >= 15 is 0 Å². The predicted molar refractivity (Wildman–Crippen MR) is 80.1 cm³/mol. The van der Waals surface area contributed by atoms with Crippen molar-refractivity contribution in [3.8, 4) is 0 Å². The van der Waals surface area contributed by atoms with Crippen molar-refractivity contribution in [2.24, 2.45) is 16.8 Å². The van der Waals surface area contributed by atoms with Gasteiger partial charge in [-0.2, -0.15) is 0 Å². The standard InChI is InChI=1S/C16H21N3O2/c17-15(18-21)8-9-19(12-6-7-12)16(20)14-10-13(14)11-4-2-1-3-5-11/h1-5,12-14,21H,6-10H2,(H2,17,18). The maximum atomic E-state index is 12.7. The number of carbonyl (C=O) groups excluding carboxylic acids is 1. The summed E-state index contributed by atoms with van der Waals surface area (Å²) < 4.78 is 0. The van der Waals surface area contributed by atoms with Gasteiger partial charge >= 0.3 is 0 Å². The smallest absolute Gasteiger partial charge is 0.226 e. The van der Waals surface area contributed by atoms with Gasteiger partial charge in [0.1, 0.15) is 5.84 Å². The van der Waals surface area contributed by atoms with Gasteiger partial charge in [0.2, 0.25) is 5.91 Å². The first-order valence-electron chi connectivity index (χ1n) is 7.52. The highest BCUT2D eigenvalue weighted by Crippen LogP contribution is 2.49. The molecule has 3 rings (SSSR count). The Kier molecular flexibility index (Phi) is 3.82. The molecule has 21 heavy (non-hydrogen) atoms. The van der Waals surface area contributed by atoms with Crippen molar-refractivity contribution in [2.75, 3.05) is 6.54 Å². The Bertz CT molecular complexity index is 540. The van der Waals surface area contributed by atoms with Crippen molar-refractivity contribution in [3.05, 3.63) is 35.9 Å². The summed E-state index contributed by atoms with van der Waals surface area (Å²) in [5.74, 6) is 0.894. The van der Waals surface area contributed by atoms with Gasteiger partial charge < -0.3 is 15.8 Å². The summed E-state index contributed by atoms with van der Waals surface area (Å²) in [5, 5.41) is 11.6. The third kappa shape index (κ3) is 3.17. The van der Waals surface area contributed by atoms with E-state index in [0.29, 0.717) is 24.9 Å². The summed E-state index contributed by atoms with van der Waals surface area (Å²) in [4.78, 5) is 14.6. The van der Waals surface area contributed by atoms with Crippen molar-refractivity contribution in [3.63, 3.8) is 0 Å². The van der Waals surface area contributed by atoms with E-state index in [9.17, 15) is 4.79 Å². The molecule has 0 aromatic heterocycles. The Morgan fingerprint density at radius 2 is 2.05 bits per heavy atom. The summed E-state index contributed by atoms with van der Waals surface area (Å²) in [6, 6.07) is 10.6. The van der Waals surface area contributed by atoms with Crippen LogP contribution >= 0.6 is 0 Å². The number of rotatable bonds is 6. The van der Waals surface area contributed by atoms with Gasteiger partial charge in [-0.15, -0.1) is 0 Å². The average molecular weight is 287 g/mol. The molecule has 5 nitrogen and oxygen atoms in total. The minimum atomic E-state index is 0.111. The van der Waals surface area contributed by atoms with Crippen LogP contribution in [0.25, 0.3) is 0 Å². The number of benzene rings is 1. The van der Waals surface area contributed by atoms with Crippen LogP contribution in [0.15, 0.2) is 35.5 Å². The molecule has 1 aromatic carbocycles. The van der Waals surface area contributed by atoms with E-state index in [1.807, 2.05) is 23.1 Å². The molecule has 0 aliphatic heterocycles. The minimum absolute atomic E-state index is 0.111. The van der Waals surface area contributed by atoms with E-state index in [4.69, 9.17) is 10.9 Å². The Morgan fingerprint density at radius 3 is 2.67 bits per heavy atom. The molecule has 0 radical (unpaired) electrons. The quantitative estimate of drug-likeness (QED) is 0.363. The second kappa shape index (κ2) is 5.76. The number of nitrogens with two attached hydrogens (primary N) is 1. The van der Waals surface area contributed by atoms with Gasteiger partial charge in [-0.1, -0.05) is 35.5 Å². The van der Waals surface area contributed by atoms with Crippen LogP contribution in [0.5, 0.6) is 0 Å². The van der Waals surface area contributed by atoms with E-state index in [0.717, 1.165) is 19.3 Å². The van der Waals surface area contributed by atoms with E-state index in [1.54, 1.807) is 0 Å². The molecule has 1 aromatic rings. The summed E-state index contributed by atoms with van der Waals surface area (Å²) in [6.07, 6.45) is 3.52. The van der Waals surface area contributed by atoms with Crippen LogP contribution in [-0.4, -0.2) is 34.4 Å². The van der Waals surface area contributed by atoms with Crippen molar-refractivity contribution in [1.82, 2.24) is 4.90 Å².